The van der Waals surface area contributed by atoms with Gasteiger partial charge in [0.25, 0.3) is 0 Å². The smallest absolute Gasteiger partial charge is 0.148 e. The Kier molecular flexibility index (Phi) is 6.98. The van der Waals surface area contributed by atoms with Gasteiger partial charge >= 0.3 is 0 Å². The van der Waals surface area contributed by atoms with Crippen LogP contribution in [-0.4, -0.2) is 42.8 Å². The van der Waals surface area contributed by atoms with Gasteiger partial charge < -0.3 is 14.2 Å². The van der Waals surface area contributed by atoms with Crippen LogP contribution in [0.1, 0.15) is 13.3 Å². The molecule has 0 aliphatic heterocycles. The maximum atomic E-state index is 6.28. The molecule has 0 atom stereocenters. The number of ether oxygens (including phenoxy) is 1. The fourth-order valence-electron chi connectivity index (χ4n) is 3.35. The minimum absolute atomic E-state index is 0.482. The first-order valence-corrected chi connectivity index (χ1v) is 14.3. The third kappa shape index (κ3) is 5.38. The fraction of sp³-hybridized carbons (Fsp3) is 0.455. The van der Waals surface area contributed by atoms with E-state index in [-0.39, 0.29) is 0 Å². The average Bonchev–Trinajstić information content (AvgIpc) is 3.03. The topological polar surface area (TPSA) is 43.2 Å². The second-order valence-electron chi connectivity index (χ2n) is 8.69. The quantitative estimate of drug-likeness (QED) is 0.312. The van der Waals surface area contributed by atoms with Crippen molar-refractivity contribution in [2.45, 2.75) is 45.8 Å². The number of hydrogen-bond acceptors (Lipinski definition) is 4. The van der Waals surface area contributed by atoms with Crippen LogP contribution in [0.2, 0.25) is 30.7 Å². The van der Waals surface area contributed by atoms with E-state index in [0.717, 1.165) is 58.6 Å². The van der Waals surface area contributed by atoms with Gasteiger partial charge in [-0.25, -0.2) is 9.97 Å². The lowest BCUT2D eigenvalue weighted by Crippen LogP contribution is -2.22. The molecule has 0 radical (unpaired) electrons. The lowest BCUT2D eigenvalue weighted by molar-refractivity contribution is 0.0899. The van der Waals surface area contributed by atoms with Crippen LogP contribution >= 0.6 is 11.6 Å². The summed E-state index contributed by atoms with van der Waals surface area (Å²) in [5, 5.41) is 1.76. The van der Waals surface area contributed by atoms with Crippen molar-refractivity contribution in [2.75, 3.05) is 25.1 Å². The number of halogens is 1. The molecule has 2 heterocycles. The molecule has 1 aromatic carbocycles. The third-order valence-electron chi connectivity index (χ3n) is 4.92. The standard InChI is InChI=1S/C22H31ClN4OSi/c1-6-10-26(2)21-20-19(17-8-7-9-18(23)13-17)14-27(22(20)25-15-24-21)16-28-11-12-29(3,4)5/h7-9,13-15H,6,10-12,16H2,1-5H3. The van der Waals surface area contributed by atoms with Crippen molar-refractivity contribution < 1.29 is 4.74 Å². The summed E-state index contributed by atoms with van der Waals surface area (Å²) in [5.74, 6) is 0.938. The first-order valence-electron chi connectivity index (χ1n) is 10.2. The van der Waals surface area contributed by atoms with Gasteiger partial charge in [0.2, 0.25) is 0 Å². The van der Waals surface area contributed by atoms with Gasteiger partial charge in [-0.05, 0) is 30.2 Å². The first-order chi connectivity index (χ1) is 13.8. The lowest BCUT2D eigenvalue weighted by Gasteiger charge is -2.18. The zero-order valence-electron chi connectivity index (χ0n) is 18.1. The number of aromatic nitrogens is 3. The predicted molar refractivity (Wildman–Crippen MR) is 126 cm³/mol. The normalized spacial score (nSPS) is 11.9. The minimum atomic E-state index is -1.12. The van der Waals surface area contributed by atoms with E-state index in [4.69, 9.17) is 16.3 Å². The molecule has 0 bridgehead atoms. The molecule has 0 saturated heterocycles. The van der Waals surface area contributed by atoms with E-state index in [2.05, 4.69) is 65.3 Å². The Morgan fingerprint density at radius 3 is 2.69 bits per heavy atom. The molecule has 3 rings (SSSR count). The molecule has 0 amide bonds. The molecule has 0 aliphatic rings. The Hall–Kier alpha value is -1.89. The summed E-state index contributed by atoms with van der Waals surface area (Å²) in [6, 6.07) is 9.08. The SMILES string of the molecule is CCCN(C)c1ncnc2c1c(-c1cccc(Cl)c1)cn2COCC[Si](C)(C)C. The lowest BCUT2D eigenvalue weighted by atomic mass is 10.1. The van der Waals surface area contributed by atoms with Crippen LogP contribution in [0.25, 0.3) is 22.2 Å². The van der Waals surface area contributed by atoms with Crippen LogP contribution in [-0.2, 0) is 11.5 Å². The molecule has 0 saturated carbocycles. The second kappa shape index (κ2) is 9.28. The molecule has 0 N–H and O–H groups in total. The van der Waals surface area contributed by atoms with Gasteiger partial charge in [0, 0.05) is 45.1 Å². The number of rotatable bonds is 9. The molecule has 0 aliphatic carbocycles. The number of benzene rings is 1. The second-order valence-corrected chi connectivity index (χ2v) is 14.7. The summed E-state index contributed by atoms with van der Waals surface area (Å²) in [6.07, 6.45) is 4.81. The third-order valence-corrected chi connectivity index (χ3v) is 6.86. The molecular formula is C22H31ClN4OSi. The van der Waals surface area contributed by atoms with E-state index in [1.54, 1.807) is 6.33 Å². The van der Waals surface area contributed by atoms with Crippen LogP contribution < -0.4 is 4.90 Å². The Morgan fingerprint density at radius 2 is 2.00 bits per heavy atom. The molecule has 0 unspecified atom stereocenters. The number of nitrogens with zero attached hydrogens (tertiary/aromatic N) is 4. The van der Waals surface area contributed by atoms with Gasteiger partial charge in [-0.2, -0.15) is 0 Å². The first kappa shape index (κ1) is 21.8. The van der Waals surface area contributed by atoms with Crippen LogP contribution in [0.4, 0.5) is 5.82 Å². The van der Waals surface area contributed by atoms with Crippen LogP contribution in [0.15, 0.2) is 36.8 Å². The monoisotopic (exact) mass is 430 g/mol. The Bertz CT molecular complexity index is 967. The molecule has 0 spiro atoms. The Balaban J connectivity index is 2.03. The van der Waals surface area contributed by atoms with Crippen molar-refractivity contribution >= 4 is 36.5 Å². The number of hydrogen-bond donors (Lipinski definition) is 0. The van der Waals surface area contributed by atoms with E-state index >= 15 is 0 Å². The van der Waals surface area contributed by atoms with Crippen molar-refractivity contribution in [1.29, 1.82) is 0 Å². The van der Waals surface area contributed by atoms with Crippen molar-refractivity contribution in [3.8, 4) is 11.1 Å². The molecular weight excluding hydrogens is 400 g/mol. The molecule has 2 aromatic heterocycles. The largest absolute Gasteiger partial charge is 0.361 e. The molecule has 29 heavy (non-hydrogen) atoms. The molecule has 3 aromatic rings. The van der Waals surface area contributed by atoms with E-state index in [9.17, 15) is 0 Å². The van der Waals surface area contributed by atoms with Crippen molar-refractivity contribution in [2.24, 2.45) is 0 Å². The highest BCUT2D eigenvalue weighted by molar-refractivity contribution is 6.76. The highest BCUT2D eigenvalue weighted by Crippen LogP contribution is 2.36. The average molecular weight is 431 g/mol. The van der Waals surface area contributed by atoms with Crippen LogP contribution in [0, 0.1) is 0 Å². The molecule has 0 fully saturated rings. The van der Waals surface area contributed by atoms with E-state index in [0.29, 0.717) is 6.73 Å². The predicted octanol–water partition coefficient (Wildman–Crippen LogP) is 5.91. The number of anilines is 1. The van der Waals surface area contributed by atoms with E-state index in [1.165, 1.54) is 0 Å². The van der Waals surface area contributed by atoms with Crippen LogP contribution in [0.3, 0.4) is 0 Å². The highest BCUT2D eigenvalue weighted by atomic mass is 35.5. The minimum Gasteiger partial charge on any atom is -0.361 e. The fourth-order valence-corrected chi connectivity index (χ4v) is 4.30. The van der Waals surface area contributed by atoms with E-state index < -0.39 is 8.07 Å². The summed E-state index contributed by atoms with van der Waals surface area (Å²) < 4.78 is 8.11. The molecule has 5 nitrogen and oxygen atoms in total. The van der Waals surface area contributed by atoms with Gasteiger partial charge in [-0.1, -0.05) is 50.3 Å². The van der Waals surface area contributed by atoms with Gasteiger partial charge in [0.1, 0.15) is 24.5 Å². The van der Waals surface area contributed by atoms with Crippen LogP contribution in [0.5, 0.6) is 0 Å². The van der Waals surface area contributed by atoms with Gasteiger partial charge in [0.15, 0.2) is 0 Å². The maximum Gasteiger partial charge on any atom is 0.148 e. The van der Waals surface area contributed by atoms with E-state index in [1.807, 2.05) is 18.2 Å². The zero-order chi connectivity index (χ0) is 21.0. The summed E-state index contributed by atoms with van der Waals surface area (Å²) >= 11 is 6.28. The summed E-state index contributed by atoms with van der Waals surface area (Å²) in [4.78, 5) is 11.4. The van der Waals surface area contributed by atoms with Crippen molar-refractivity contribution in [3.05, 3.63) is 41.8 Å². The molecule has 156 valence electrons. The van der Waals surface area contributed by atoms with Crippen molar-refractivity contribution in [1.82, 2.24) is 14.5 Å². The highest BCUT2D eigenvalue weighted by Gasteiger charge is 2.19. The summed E-state index contributed by atoms with van der Waals surface area (Å²) in [5.41, 5.74) is 3.03. The Labute approximate surface area is 179 Å². The van der Waals surface area contributed by atoms with Gasteiger partial charge in [0.05, 0.1) is 5.39 Å². The number of fused-ring (bicyclic) bond motifs is 1. The van der Waals surface area contributed by atoms with Gasteiger partial charge in [-0.3, -0.25) is 0 Å². The summed E-state index contributed by atoms with van der Waals surface area (Å²) in [6.45, 7) is 11.4. The maximum absolute atomic E-state index is 6.28. The molecule has 7 heteroatoms. The zero-order valence-corrected chi connectivity index (χ0v) is 19.8. The van der Waals surface area contributed by atoms with Gasteiger partial charge in [-0.15, -0.1) is 0 Å². The Morgan fingerprint density at radius 1 is 1.21 bits per heavy atom. The summed E-state index contributed by atoms with van der Waals surface area (Å²) in [7, 11) is 0.961. The van der Waals surface area contributed by atoms with Crippen molar-refractivity contribution in [3.63, 3.8) is 0 Å².